The quantitative estimate of drug-likeness (QED) is 0.189. The normalized spacial score (nSPS) is 10.4. The van der Waals surface area contributed by atoms with Gasteiger partial charge in [-0.2, -0.15) is 0 Å². The van der Waals surface area contributed by atoms with Gasteiger partial charge in [-0.3, -0.25) is 0 Å². The summed E-state index contributed by atoms with van der Waals surface area (Å²) in [5, 5.41) is 0. The summed E-state index contributed by atoms with van der Waals surface area (Å²) in [4.78, 5) is 2.31. The zero-order chi connectivity index (χ0) is 30.8. The van der Waals surface area contributed by atoms with Gasteiger partial charge in [0, 0.05) is 17.1 Å². The minimum absolute atomic E-state index is 1.14. The Hall–Kier alpha value is -5.66. The zero-order valence-corrected chi connectivity index (χ0v) is 25.8. The Morgan fingerprint density at radius 1 is 0.244 bits per heavy atom. The van der Waals surface area contributed by atoms with Gasteiger partial charge in [-0.15, -0.1) is 0 Å². The smallest absolute Gasteiger partial charge is 0.0462 e. The average Bonchev–Trinajstić information content (AvgIpc) is 3.12. The van der Waals surface area contributed by atoms with Crippen molar-refractivity contribution < 1.29 is 0 Å². The molecule has 0 aliphatic heterocycles. The maximum absolute atomic E-state index is 2.31. The third-order valence-corrected chi connectivity index (χ3v) is 7.92. The summed E-state index contributed by atoms with van der Waals surface area (Å²) in [6.45, 7) is 4.23. The van der Waals surface area contributed by atoms with E-state index < -0.39 is 0 Å². The van der Waals surface area contributed by atoms with E-state index in [0.29, 0.717) is 0 Å². The average molecular weight is 580 g/mol. The molecule has 1 nitrogen and oxygen atoms in total. The monoisotopic (exact) mass is 579 g/mol. The molecule has 0 saturated heterocycles. The lowest BCUT2D eigenvalue weighted by atomic mass is 10.0. The minimum atomic E-state index is 1.14. The summed E-state index contributed by atoms with van der Waals surface area (Å²) in [5.41, 5.74) is 13.5. The first-order valence-corrected chi connectivity index (χ1v) is 15.4. The Labute approximate surface area is 267 Å². The highest BCUT2D eigenvalue weighted by Crippen LogP contribution is 2.36. The lowest BCUT2D eigenvalue weighted by Gasteiger charge is -2.26. The lowest BCUT2D eigenvalue weighted by Crippen LogP contribution is -2.09. The van der Waals surface area contributed by atoms with Gasteiger partial charge in [0.1, 0.15) is 0 Å². The number of aryl methyl sites for hydroxylation is 2. The van der Waals surface area contributed by atoms with Crippen molar-refractivity contribution in [3.8, 4) is 33.4 Å². The van der Waals surface area contributed by atoms with Crippen molar-refractivity contribution >= 4 is 17.1 Å². The van der Waals surface area contributed by atoms with Crippen LogP contribution < -0.4 is 4.90 Å². The van der Waals surface area contributed by atoms with Crippen LogP contribution in [0.4, 0.5) is 17.1 Å². The highest BCUT2D eigenvalue weighted by atomic mass is 15.1. The molecule has 0 heterocycles. The molecule has 0 spiro atoms. The van der Waals surface area contributed by atoms with Crippen molar-refractivity contribution in [2.24, 2.45) is 0 Å². The van der Waals surface area contributed by atoms with Crippen LogP contribution in [-0.2, 0) is 0 Å². The van der Waals surface area contributed by atoms with Gasteiger partial charge in [0.2, 0.25) is 0 Å². The summed E-state index contributed by atoms with van der Waals surface area (Å²) >= 11 is 0. The summed E-state index contributed by atoms with van der Waals surface area (Å²) in [5.74, 6) is 0. The van der Waals surface area contributed by atoms with Crippen molar-refractivity contribution in [3.05, 3.63) is 199 Å². The van der Waals surface area contributed by atoms with E-state index in [1.54, 1.807) is 0 Å². The minimum Gasteiger partial charge on any atom is -0.311 e. The molecule has 0 aliphatic rings. The molecule has 1 heteroatoms. The molecule has 0 aromatic heterocycles. The van der Waals surface area contributed by atoms with Gasteiger partial charge >= 0.3 is 0 Å². The molecule has 0 radical (unpaired) electrons. The summed E-state index contributed by atoms with van der Waals surface area (Å²) < 4.78 is 0. The van der Waals surface area contributed by atoms with E-state index in [-0.39, 0.29) is 0 Å². The highest BCUT2D eigenvalue weighted by Gasteiger charge is 2.13. The van der Waals surface area contributed by atoms with E-state index in [1.165, 1.54) is 44.5 Å². The predicted molar refractivity (Wildman–Crippen MR) is 193 cm³/mol. The number of hydrogen-bond acceptors (Lipinski definition) is 1. The Morgan fingerprint density at radius 3 is 0.778 bits per heavy atom. The van der Waals surface area contributed by atoms with Crippen LogP contribution in [0.25, 0.3) is 33.4 Å². The van der Waals surface area contributed by atoms with Gasteiger partial charge in [0.25, 0.3) is 0 Å². The Balaban J connectivity index is 0.000000229. The number of nitrogens with zero attached hydrogens (tertiary/aromatic N) is 1. The molecule has 218 valence electrons. The topological polar surface area (TPSA) is 3.24 Å². The third-order valence-electron chi connectivity index (χ3n) is 7.92. The van der Waals surface area contributed by atoms with Crippen molar-refractivity contribution in [1.82, 2.24) is 0 Å². The van der Waals surface area contributed by atoms with Gasteiger partial charge in [-0.25, -0.2) is 0 Å². The van der Waals surface area contributed by atoms with Crippen molar-refractivity contribution in [1.29, 1.82) is 0 Å². The van der Waals surface area contributed by atoms with Gasteiger partial charge < -0.3 is 4.90 Å². The number of anilines is 3. The van der Waals surface area contributed by atoms with Crippen molar-refractivity contribution in [2.75, 3.05) is 4.90 Å². The molecule has 0 fully saturated rings. The van der Waals surface area contributed by atoms with Gasteiger partial charge in [0.15, 0.2) is 0 Å². The van der Waals surface area contributed by atoms with Gasteiger partial charge in [0.05, 0.1) is 0 Å². The number of rotatable bonds is 6. The molecule has 0 saturated carbocycles. The standard InChI is InChI=1S/C31H25N.C13H12/c1-24-12-18-29(19-13-24)32(30-20-14-27(15-21-30)25-8-4-2-5-9-25)31-22-16-28(17-23-31)26-10-6-3-7-11-26;1-11-7-9-13(10-8-11)12-5-3-2-4-6-12/h2-23H,1H3;2-10H,1H3. The Morgan fingerprint density at radius 2 is 0.467 bits per heavy atom. The summed E-state index contributed by atoms with van der Waals surface area (Å²) in [6, 6.07) is 66.3. The van der Waals surface area contributed by atoms with Gasteiger partial charge in [-0.1, -0.05) is 163 Å². The van der Waals surface area contributed by atoms with Crippen LogP contribution >= 0.6 is 0 Å². The van der Waals surface area contributed by atoms with E-state index in [0.717, 1.165) is 17.1 Å². The molecular weight excluding hydrogens is 542 g/mol. The first-order chi connectivity index (χ1) is 22.1. The fourth-order valence-electron chi connectivity index (χ4n) is 5.38. The largest absolute Gasteiger partial charge is 0.311 e. The first kappa shape index (κ1) is 29.4. The second kappa shape index (κ2) is 14.2. The molecule has 7 aromatic rings. The second-order valence-corrected chi connectivity index (χ2v) is 11.2. The van der Waals surface area contributed by atoms with E-state index in [1.807, 2.05) is 6.07 Å². The van der Waals surface area contributed by atoms with Gasteiger partial charge in [-0.05, 0) is 83.6 Å². The molecular formula is C44H37N. The fourth-order valence-corrected chi connectivity index (χ4v) is 5.38. The SMILES string of the molecule is Cc1ccc(-c2ccccc2)cc1.Cc1ccc(N(c2ccc(-c3ccccc3)cc2)c2ccc(-c3ccccc3)cc2)cc1. The van der Waals surface area contributed by atoms with E-state index >= 15 is 0 Å². The molecule has 0 aliphatic carbocycles. The molecule has 0 bridgehead atoms. The highest BCUT2D eigenvalue weighted by molar-refractivity contribution is 5.79. The Bertz CT molecular complexity index is 1810. The van der Waals surface area contributed by atoms with Crippen LogP contribution in [-0.4, -0.2) is 0 Å². The summed E-state index contributed by atoms with van der Waals surface area (Å²) in [7, 11) is 0. The van der Waals surface area contributed by atoms with E-state index in [2.05, 4.69) is 201 Å². The zero-order valence-electron chi connectivity index (χ0n) is 25.8. The molecule has 7 rings (SSSR count). The summed E-state index contributed by atoms with van der Waals surface area (Å²) in [6.07, 6.45) is 0. The van der Waals surface area contributed by atoms with E-state index in [4.69, 9.17) is 0 Å². The Kier molecular flexibility index (Phi) is 9.29. The van der Waals surface area contributed by atoms with Crippen LogP contribution in [0, 0.1) is 13.8 Å². The molecule has 7 aromatic carbocycles. The maximum atomic E-state index is 2.31. The molecule has 0 N–H and O–H groups in total. The molecule has 0 atom stereocenters. The first-order valence-electron chi connectivity index (χ1n) is 15.4. The number of benzene rings is 7. The lowest BCUT2D eigenvalue weighted by molar-refractivity contribution is 1.27. The van der Waals surface area contributed by atoms with Crippen LogP contribution in [0.5, 0.6) is 0 Å². The molecule has 0 amide bonds. The second-order valence-electron chi connectivity index (χ2n) is 11.2. The van der Waals surface area contributed by atoms with E-state index in [9.17, 15) is 0 Å². The molecule has 0 unspecified atom stereocenters. The predicted octanol–water partition coefficient (Wildman–Crippen LogP) is 12.5. The van der Waals surface area contributed by atoms with Crippen LogP contribution in [0.2, 0.25) is 0 Å². The fraction of sp³-hybridized carbons (Fsp3) is 0.0455. The van der Waals surface area contributed by atoms with Crippen LogP contribution in [0.1, 0.15) is 11.1 Å². The van der Waals surface area contributed by atoms with Crippen molar-refractivity contribution in [3.63, 3.8) is 0 Å². The van der Waals surface area contributed by atoms with Crippen molar-refractivity contribution in [2.45, 2.75) is 13.8 Å². The van der Waals surface area contributed by atoms with Crippen LogP contribution in [0.15, 0.2) is 188 Å². The number of hydrogen-bond donors (Lipinski definition) is 0. The molecule has 45 heavy (non-hydrogen) atoms. The third kappa shape index (κ3) is 7.47. The maximum Gasteiger partial charge on any atom is 0.0462 e. The van der Waals surface area contributed by atoms with Crippen LogP contribution in [0.3, 0.4) is 0 Å².